The minimum Gasteiger partial charge on any atom is -0.373 e. The Morgan fingerprint density at radius 2 is 2.00 bits per heavy atom. The van der Waals surface area contributed by atoms with Crippen molar-refractivity contribution < 1.29 is 4.79 Å². The van der Waals surface area contributed by atoms with E-state index < -0.39 is 0 Å². The van der Waals surface area contributed by atoms with Gasteiger partial charge in [0.05, 0.1) is 17.3 Å². The first kappa shape index (κ1) is 13.4. The lowest BCUT2D eigenvalue weighted by Gasteiger charge is -2.30. The molecule has 1 fully saturated rings. The Bertz CT molecular complexity index is 482. The lowest BCUT2D eigenvalue weighted by atomic mass is 9.97. The summed E-state index contributed by atoms with van der Waals surface area (Å²) in [5.41, 5.74) is 2.24. The molecule has 1 aromatic rings. The molecular formula is C16H23N3O. The molecule has 108 valence electrons. The zero-order valence-electron chi connectivity index (χ0n) is 12.1. The summed E-state index contributed by atoms with van der Waals surface area (Å²) in [6, 6.07) is 8.26. The Balaban J connectivity index is 1.88. The van der Waals surface area contributed by atoms with Crippen LogP contribution in [0.3, 0.4) is 0 Å². The van der Waals surface area contributed by atoms with Gasteiger partial charge in [-0.2, -0.15) is 0 Å². The van der Waals surface area contributed by atoms with Crippen molar-refractivity contribution in [2.24, 2.45) is 5.92 Å². The first-order chi connectivity index (χ1) is 9.77. The summed E-state index contributed by atoms with van der Waals surface area (Å²) in [5.74, 6) is 0.431. The third kappa shape index (κ3) is 2.52. The molecule has 1 N–H and O–H groups in total. The van der Waals surface area contributed by atoms with Crippen molar-refractivity contribution in [1.29, 1.82) is 0 Å². The predicted molar refractivity (Wildman–Crippen MR) is 82.3 cm³/mol. The van der Waals surface area contributed by atoms with Crippen LogP contribution in [-0.4, -0.2) is 39.1 Å². The number of rotatable bonds is 1. The Labute approximate surface area is 120 Å². The van der Waals surface area contributed by atoms with Crippen LogP contribution in [0.1, 0.15) is 19.3 Å². The van der Waals surface area contributed by atoms with E-state index >= 15 is 0 Å². The molecule has 0 aromatic heterocycles. The van der Waals surface area contributed by atoms with Crippen molar-refractivity contribution in [3.8, 4) is 0 Å². The highest BCUT2D eigenvalue weighted by atomic mass is 16.2. The van der Waals surface area contributed by atoms with Gasteiger partial charge in [0.1, 0.15) is 0 Å². The molecule has 4 heteroatoms. The lowest BCUT2D eigenvalue weighted by Crippen LogP contribution is -2.43. The Hall–Kier alpha value is -1.55. The highest BCUT2D eigenvalue weighted by Gasteiger charge is 2.29. The smallest absolute Gasteiger partial charge is 0.231 e. The number of nitrogens with zero attached hydrogens (tertiary/aromatic N) is 2. The number of fused-ring (bicyclic) bond motifs is 1. The van der Waals surface area contributed by atoms with Crippen LogP contribution in [0, 0.1) is 5.92 Å². The maximum atomic E-state index is 12.8. The summed E-state index contributed by atoms with van der Waals surface area (Å²) in [7, 11) is 2.11. The summed E-state index contributed by atoms with van der Waals surface area (Å²) in [6.07, 6.45) is 3.14. The molecule has 1 aromatic carbocycles. The van der Waals surface area contributed by atoms with Gasteiger partial charge in [-0.1, -0.05) is 12.1 Å². The summed E-state index contributed by atoms with van der Waals surface area (Å²) < 4.78 is 0. The van der Waals surface area contributed by atoms with Gasteiger partial charge in [0.2, 0.25) is 5.91 Å². The molecule has 20 heavy (non-hydrogen) atoms. The van der Waals surface area contributed by atoms with Crippen molar-refractivity contribution in [1.82, 2.24) is 5.32 Å². The second kappa shape index (κ2) is 5.83. The van der Waals surface area contributed by atoms with Crippen molar-refractivity contribution in [3.63, 3.8) is 0 Å². The summed E-state index contributed by atoms with van der Waals surface area (Å²) >= 11 is 0. The quantitative estimate of drug-likeness (QED) is 0.848. The topological polar surface area (TPSA) is 35.6 Å². The van der Waals surface area contributed by atoms with Gasteiger partial charge in [0.25, 0.3) is 0 Å². The third-order valence-corrected chi connectivity index (χ3v) is 4.37. The van der Waals surface area contributed by atoms with E-state index in [1.807, 2.05) is 17.0 Å². The number of hydrogen-bond acceptors (Lipinski definition) is 3. The SMILES string of the molecule is CN1CCCN(C(=O)C2CCCNC2)c2ccccc21. The minimum atomic E-state index is 0.139. The van der Waals surface area contributed by atoms with E-state index in [4.69, 9.17) is 0 Å². The molecule has 4 nitrogen and oxygen atoms in total. The number of carbonyl (C=O) groups excluding carboxylic acids is 1. The maximum absolute atomic E-state index is 12.8. The van der Waals surface area contributed by atoms with E-state index in [1.54, 1.807) is 0 Å². The summed E-state index contributed by atoms with van der Waals surface area (Å²) in [6.45, 7) is 3.71. The van der Waals surface area contributed by atoms with Crippen molar-refractivity contribution in [2.75, 3.05) is 43.0 Å². The van der Waals surface area contributed by atoms with Crippen LogP contribution in [0.5, 0.6) is 0 Å². The average molecular weight is 273 g/mol. The first-order valence-corrected chi connectivity index (χ1v) is 7.59. The molecule has 0 spiro atoms. The van der Waals surface area contributed by atoms with E-state index in [2.05, 4.69) is 29.4 Å². The molecule has 0 saturated carbocycles. The van der Waals surface area contributed by atoms with Crippen molar-refractivity contribution in [3.05, 3.63) is 24.3 Å². The van der Waals surface area contributed by atoms with E-state index in [-0.39, 0.29) is 5.92 Å². The van der Waals surface area contributed by atoms with Crippen LogP contribution in [0.2, 0.25) is 0 Å². The van der Waals surface area contributed by atoms with Crippen LogP contribution in [-0.2, 0) is 4.79 Å². The maximum Gasteiger partial charge on any atom is 0.231 e. The zero-order chi connectivity index (χ0) is 13.9. The van der Waals surface area contributed by atoms with Gasteiger partial charge in [0.15, 0.2) is 0 Å². The van der Waals surface area contributed by atoms with Gasteiger partial charge in [-0.15, -0.1) is 0 Å². The van der Waals surface area contributed by atoms with Gasteiger partial charge in [0, 0.05) is 26.7 Å². The van der Waals surface area contributed by atoms with Crippen LogP contribution >= 0.6 is 0 Å². The lowest BCUT2D eigenvalue weighted by molar-refractivity contribution is -0.122. The van der Waals surface area contributed by atoms with E-state index in [1.165, 1.54) is 5.69 Å². The number of benzene rings is 1. The molecule has 0 radical (unpaired) electrons. The fraction of sp³-hybridized carbons (Fsp3) is 0.562. The predicted octanol–water partition coefficient (Wildman–Crippen LogP) is 1.86. The Morgan fingerprint density at radius 1 is 1.20 bits per heavy atom. The normalized spacial score (nSPS) is 23.1. The first-order valence-electron chi connectivity index (χ1n) is 7.59. The summed E-state index contributed by atoms with van der Waals surface area (Å²) in [4.78, 5) is 17.1. The number of hydrogen-bond donors (Lipinski definition) is 1. The fourth-order valence-corrected chi connectivity index (χ4v) is 3.23. The molecule has 1 atom stereocenters. The van der Waals surface area contributed by atoms with Gasteiger partial charge < -0.3 is 15.1 Å². The molecular weight excluding hydrogens is 250 g/mol. The molecule has 0 bridgehead atoms. The van der Waals surface area contributed by atoms with Gasteiger partial charge in [-0.3, -0.25) is 4.79 Å². The molecule has 3 rings (SSSR count). The molecule has 1 amide bonds. The number of nitrogens with one attached hydrogen (secondary N) is 1. The van der Waals surface area contributed by atoms with E-state index in [0.29, 0.717) is 5.91 Å². The molecule has 0 aliphatic carbocycles. The third-order valence-electron chi connectivity index (χ3n) is 4.37. The molecule has 2 aliphatic heterocycles. The number of anilines is 2. The highest BCUT2D eigenvalue weighted by molar-refractivity contribution is 5.98. The van der Waals surface area contributed by atoms with E-state index in [9.17, 15) is 4.79 Å². The van der Waals surface area contributed by atoms with Gasteiger partial charge >= 0.3 is 0 Å². The monoisotopic (exact) mass is 273 g/mol. The molecule has 1 saturated heterocycles. The molecule has 1 unspecified atom stereocenters. The highest BCUT2D eigenvalue weighted by Crippen LogP contribution is 2.32. The van der Waals surface area contributed by atoms with E-state index in [0.717, 1.165) is 51.1 Å². The number of amides is 1. The van der Waals surface area contributed by atoms with Crippen LogP contribution in [0.15, 0.2) is 24.3 Å². The second-order valence-corrected chi connectivity index (χ2v) is 5.80. The van der Waals surface area contributed by atoms with Crippen molar-refractivity contribution >= 4 is 17.3 Å². The molecule has 2 aliphatic rings. The zero-order valence-corrected chi connectivity index (χ0v) is 12.1. The number of para-hydroxylation sites is 2. The van der Waals surface area contributed by atoms with Crippen molar-refractivity contribution in [2.45, 2.75) is 19.3 Å². The van der Waals surface area contributed by atoms with Crippen LogP contribution < -0.4 is 15.1 Å². The fourth-order valence-electron chi connectivity index (χ4n) is 3.23. The molecule has 2 heterocycles. The number of carbonyl (C=O) groups is 1. The van der Waals surface area contributed by atoms with Gasteiger partial charge in [-0.25, -0.2) is 0 Å². The second-order valence-electron chi connectivity index (χ2n) is 5.80. The minimum absolute atomic E-state index is 0.139. The standard InChI is InChI=1S/C16H23N3O/c1-18-10-5-11-19(15-8-3-2-7-14(15)18)16(20)13-6-4-9-17-12-13/h2-3,7-8,13,17H,4-6,9-12H2,1H3. The van der Waals surface area contributed by atoms with Crippen LogP contribution in [0.4, 0.5) is 11.4 Å². The van der Waals surface area contributed by atoms with Gasteiger partial charge in [-0.05, 0) is 37.9 Å². The Kier molecular flexibility index (Phi) is 3.92. The van der Waals surface area contributed by atoms with Crippen LogP contribution in [0.25, 0.3) is 0 Å². The average Bonchev–Trinajstić information content (AvgIpc) is 2.67. The Morgan fingerprint density at radius 3 is 2.75 bits per heavy atom. The summed E-state index contributed by atoms with van der Waals surface area (Å²) in [5, 5.41) is 3.35. The number of piperidine rings is 1. The largest absolute Gasteiger partial charge is 0.373 e.